The van der Waals surface area contributed by atoms with Crippen LogP contribution in [0.15, 0.2) is 41.0 Å². The molecule has 0 spiro atoms. The van der Waals surface area contributed by atoms with Gasteiger partial charge in [-0.25, -0.2) is 4.98 Å². The number of amides is 1. The van der Waals surface area contributed by atoms with E-state index in [1.807, 2.05) is 18.2 Å². The summed E-state index contributed by atoms with van der Waals surface area (Å²) in [6.07, 6.45) is 3.42. The first-order valence-corrected chi connectivity index (χ1v) is 9.88. The summed E-state index contributed by atoms with van der Waals surface area (Å²) in [5.74, 6) is 1.42. The molecule has 1 amide bonds. The van der Waals surface area contributed by atoms with Crippen LogP contribution < -0.4 is 9.47 Å². The van der Waals surface area contributed by atoms with Crippen molar-refractivity contribution >= 4 is 28.4 Å². The Morgan fingerprint density at radius 3 is 2.86 bits per heavy atom. The summed E-state index contributed by atoms with van der Waals surface area (Å²) in [5, 5.41) is 1.22. The Hall–Kier alpha value is -2.77. The number of hydrogen-bond acceptors (Lipinski definition) is 6. The van der Waals surface area contributed by atoms with Crippen LogP contribution in [0.4, 0.5) is 0 Å². The van der Waals surface area contributed by atoms with E-state index >= 15 is 0 Å². The van der Waals surface area contributed by atoms with Crippen molar-refractivity contribution in [2.75, 3.05) is 19.9 Å². The van der Waals surface area contributed by atoms with E-state index in [0.717, 1.165) is 30.4 Å². The Morgan fingerprint density at radius 2 is 2.10 bits per heavy atom. The molecule has 2 aromatic heterocycles. The van der Waals surface area contributed by atoms with Crippen LogP contribution in [-0.2, 0) is 11.3 Å². The van der Waals surface area contributed by atoms with Gasteiger partial charge in [0.05, 0.1) is 17.9 Å². The van der Waals surface area contributed by atoms with Crippen LogP contribution >= 0.6 is 11.6 Å². The average molecular weight is 415 g/mol. The van der Waals surface area contributed by atoms with Gasteiger partial charge in [-0.2, -0.15) is 0 Å². The molecular formula is C21H19ClN2O5. The molecule has 4 heterocycles. The summed E-state index contributed by atoms with van der Waals surface area (Å²) in [7, 11) is 0. The molecule has 5 rings (SSSR count). The second kappa shape index (κ2) is 7.57. The molecule has 0 unspecified atom stereocenters. The topological polar surface area (TPSA) is 74.0 Å². The molecule has 0 saturated carbocycles. The third-order valence-corrected chi connectivity index (χ3v) is 5.49. The number of carbonyl (C=O) groups excluding carboxylic acids is 1. The Morgan fingerprint density at radius 1 is 1.24 bits per heavy atom. The molecule has 0 bridgehead atoms. The van der Waals surface area contributed by atoms with Crippen molar-refractivity contribution in [2.24, 2.45) is 0 Å². The maximum absolute atomic E-state index is 13.0. The SMILES string of the molecule is O=C(c1ccco1)N(Cc1cc2cc3c(cc2nc1Cl)OCO3)C[C@H]1CCCO1. The van der Waals surface area contributed by atoms with Crippen molar-refractivity contribution in [3.63, 3.8) is 0 Å². The minimum Gasteiger partial charge on any atom is -0.459 e. The van der Waals surface area contributed by atoms with Crippen LogP contribution in [0.25, 0.3) is 10.9 Å². The van der Waals surface area contributed by atoms with E-state index in [9.17, 15) is 4.79 Å². The highest BCUT2D eigenvalue weighted by atomic mass is 35.5. The Kier molecular flexibility index (Phi) is 4.77. The molecule has 1 atom stereocenters. The lowest BCUT2D eigenvalue weighted by Crippen LogP contribution is -2.36. The van der Waals surface area contributed by atoms with Crippen LogP contribution in [-0.4, -0.2) is 41.8 Å². The van der Waals surface area contributed by atoms with E-state index in [2.05, 4.69) is 4.98 Å². The quantitative estimate of drug-likeness (QED) is 0.587. The number of nitrogens with zero attached hydrogens (tertiary/aromatic N) is 2. The van der Waals surface area contributed by atoms with E-state index < -0.39 is 0 Å². The lowest BCUT2D eigenvalue weighted by Gasteiger charge is -2.25. The van der Waals surface area contributed by atoms with E-state index in [4.69, 9.17) is 30.2 Å². The summed E-state index contributed by atoms with van der Waals surface area (Å²) in [6.45, 7) is 1.68. The maximum atomic E-state index is 13.0. The predicted molar refractivity (Wildman–Crippen MR) is 105 cm³/mol. The standard InChI is InChI=1S/C21H19ClN2O5/c22-20-14(7-13-8-18-19(29-12-28-18)9-16(13)23-20)10-24(11-15-3-1-5-26-15)21(25)17-4-2-6-27-17/h2,4,6-9,15H,1,3,5,10-12H2/t15-/m1/s1. The smallest absolute Gasteiger partial charge is 0.289 e. The zero-order valence-corrected chi connectivity index (χ0v) is 16.4. The summed E-state index contributed by atoms with van der Waals surface area (Å²) in [6, 6.07) is 8.98. The highest BCUT2D eigenvalue weighted by Gasteiger charge is 2.26. The number of pyridine rings is 1. The molecule has 0 aliphatic carbocycles. The van der Waals surface area contributed by atoms with Crippen molar-refractivity contribution in [3.8, 4) is 11.5 Å². The van der Waals surface area contributed by atoms with Crippen molar-refractivity contribution in [1.82, 2.24) is 9.88 Å². The number of benzene rings is 1. The fraction of sp³-hybridized carbons (Fsp3) is 0.333. The van der Waals surface area contributed by atoms with Crippen LogP contribution in [0.5, 0.6) is 11.5 Å². The van der Waals surface area contributed by atoms with E-state index in [0.29, 0.717) is 35.3 Å². The molecule has 1 aromatic carbocycles. The monoisotopic (exact) mass is 414 g/mol. The molecule has 1 saturated heterocycles. The minimum atomic E-state index is -0.202. The summed E-state index contributed by atoms with van der Waals surface area (Å²) < 4.78 is 21.9. The number of furan rings is 1. The van der Waals surface area contributed by atoms with Gasteiger partial charge in [0.25, 0.3) is 5.91 Å². The van der Waals surface area contributed by atoms with Gasteiger partial charge in [0, 0.05) is 36.7 Å². The third kappa shape index (κ3) is 3.63. The molecule has 3 aromatic rings. The first-order chi connectivity index (χ1) is 14.2. The summed E-state index contributed by atoms with van der Waals surface area (Å²) in [5.41, 5.74) is 1.46. The van der Waals surface area contributed by atoms with Gasteiger partial charge in [-0.1, -0.05) is 11.6 Å². The lowest BCUT2D eigenvalue weighted by atomic mass is 10.1. The van der Waals surface area contributed by atoms with Gasteiger partial charge in [0.2, 0.25) is 6.79 Å². The lowest BCUT2D eigenvalue weighted by molar-refractivity contribution is 0.0484. The first-order valence-electron chi connectivity index (χ1n) is 9.50. The largest absolute Gasteiger partial charge is 0.459 e. The molecular weight excluding hydrogens is 396 g/mol. The number of fused-ring (bicyclic) bond motifs is 2. The van der Waals surface area contributed by atoms with Crippen LogP contribution in [0.1, 0.15) is 29.0 Å². The van der Waals surface area contributed by atoms with Crippen molar-refractivity contribution in [2.45, 2.75) is 25.5 Å². The molecule has 0 N–H and O–H groups in total. The average Bonchev–Trinajstić information content (AvgIpc) is 3.48. The number of aromatic nitrogens is 1. The minimum absolute atomic E-state index is 0.00919. The third-order valence-electron chi connectivity index (χ3n) is 5.16. The zero-order valence-electron chi connectivity index (χ0n) is 15.6. The van der Waals surface area contributed by atoms with Crippen molar-refractivity contribution in [1.29, 1.82) is 0 Å². The van der Waals surface area contributed by atoms with E-state index in [-0.39, 0.29) is 24.6 Å². The van der Waals surface area contributed by atoms with Crippen LogP contribution in [0.3, 0.4) is 0 Å². The Balaban J connectivity index is 1.46. The number of rotatable bonds is 5. The van der Waals surface area contributed by atoms with Gasteiger partial charge in [-0.15, -0.1) is 0 Å². The molecule has 150 valence electrons. The van der Waals surface area contributed by atoms with Crippen molar-refractivity contribution < 1.29 is 23.4 Å². The van der Waals surface area contributed by atoms with Gasteiger partial charge >= 0.3 is 0 Å². The Bertz CT molecular complexity index is 1050. The van der Waals surface area contributed by atoms with E-state index in [1.54, 1.807) is 17.0 Å². The fourth-order valence-corrected chi connectivity index (χ4v) is 3.92. The number of hydrogen-bond donors (Lipinski definition) is 0. The fourth-order valence-electron chi connectivity index (χ4n) is 3.71. The molecule has 8 heteroatoms. The zero-order chi connectivity index (χ0) is 19.8. The van der Waals surface area contributed by atoms with Gasteiger partial charge in [0.1, 0.15) is 5.15 Å². The molecule has 0 radical (unpaired) electrons. The highest BCUT2D eigenvalue weighted by Crippen LogP contribution is 2.36. The second-order valence-electron chi connectivity index (χ2n) is 7.13. The van der Waals surface area contributed by atoms with Gasteiger partial charge in [-0.05, 0) is 37.1 Å². The first kappa shape index (κ1) is 18.3. The Labute approximate surface area is 172 Å². The summed E-state index contributed by atoms with van der Waals surface area (Å²) in [4.78, 5) is 19.2. The van der Waals surface area contributed by atoms with Crippen LogP contribution in [0.2, 0.25) is 5.15 Å². The second-order valence-corrected chi connectivity index (χ2v) is 7.49. The molecule has 1 fully saturated rings. The van der Waals surface area contributed by atoms with Crippen LogP contribution in [0, 0.1) is 0 Å². The molecule has 29 heavy (non-hydrogen) atoms. The number of halogens is 1. The van der Waals surface area contributed by atoms with Gasteiger partial charge in [0.15, 0.2) is 17.3 Å². The summed E-state index contributed by atoms with van der Waals surface area (Å²) >= 11 is 6.47. The normalized spacial score (nSPS) is 17.8. The number of carbonyl (C=O) groups is 1. The van der Waals surface area contributed by atoms with E-state index in [1.165, 1.54) is 6.26 Å². The maximum Gasteiger partial charge on any atom is 0.289 e. The highest BCUT2D eigenvalue weighted by molar-refractivity contribution is 6.30. The van der Waals surface area contributed by atoms with Crippen molar-refractivity contribution in [3.05, 3.63) is 53.1 Å². The molecule has 2 aliphatic rings. The predicted octanol–water partition coefficient (Wildman–Crippen LogP) is 4.03. The molecule has 7 nitrogen and oxygen atoms in total. The van der Waals surface area contributed by atoms with Gasteiger partial charge < -0.3 is 23.5 Å². The number of ether oxygens (including phenoxy) is 3. The van der Waals surface area contributed by atoms with Gasteiger partial charge in [-0.3, -0.25) is 4.79 Å². The molecule has 2 aliphatic heterocycles.